The number of hydrogen-bond acceptors (Lipinski definition) is 5. The van der Waals surface area contributed by atoms with Gasteiger partial charge in [-0.1, -0.05) is 60.3 Å². The predicted octanol–water partition coefficient (Wildman–Crippen LogP) is 5.27. The van der Waals surface area contributed by atoms with E-state index in [2.05, 4.69) is 20.9 Å². The lowest BCUT2D eigenvalue weighted by molar-refractivity contribution is -0.127. The van der Waals surface area contributed by atoms with Crippen molar-refractivity contribution in [3.8, 4) is 0 Å². The molecule has 5 rings (SSSR count). The number of carbonyl (C=O) groups excluding carboxylic acids is 3. The molecule has 10 heteroatoms. The Hall–Kier alpha value is -4.24. The SMILES string of the molecule is CC(=O)Nc1ccc(N(C(=O)Cn2nnc3ccccc32)C(C(=O)NC2CCCCC2)c2ccc(Cl)cc2)cc1. The number of para-hydroxylation sites is 1. The summed E-state index contributed by atoms with van der Waals surface area (Å²) in [4.78, 5) is 41.2. The summed E-state index contributed by atoms with van der Waals surface area (Å²) < 4.78 is 1.54. The lowest BCUT2D eigenvalue weighted by Gasteiger charge is -2.33. The molecule has 1 unspecified atom stereocenters. The number of amides is 3. The summed E-state index contributed by atoms with van der Waals surface area (Å²) in [5, 5.41) is 14.8. The van der Waals surface area contributed by atoms with E-state index in [1.165, 1.54) is 16.5 Å². The third kappa shape index (κ3) is 6.31. The standard InChI is InChI=1S/C30H31ClN6O3/c1-20(38)32-24-15-17-25(18-16-24)37(28(39)19-36-27-10-6-5-9-26(27)34-35-36)29(21-11-13-22(31)14-12-21)30(40)33-23-7-3-2-4-8-23/h5-6,9-18,23,29H,2-4,7-8,19H2,1H3,(H,32,38)(H,33,40). The maximum absolute atomic E-state index is 14.2. The van der Waals surface area contributed by atoms with Gasteiger partial charge in [0.05, 0.1) is 5.52 Å². The molecule has 1 saturated carbocycles. The van der Waals surface area contributed by atoms with E-state index in [-0.39, 0.29) is 30.3 Å². The molecule has 1 aliphatic rings. The van der Waals surface area contributed by atoms with Crippen LogP contribution in [0.1, 0.15) is 50.6 Å². The number of fused-ring (bicyclic) bond motifs is 1. The van der Waals surface area contributed by atoms with Crippen LogP contribution < -0.4 is 15.5 Å². The van der Waals surface area contributed by atoms with Crippen molar-refractivity contribution in [2.45, 2.75) is 57.7 Å². The zero-order chi connectivity index (χ0) is 28.1. The van der Waals surface area contributed by atoms with Gasteiger partial charge in [-0.25, -0.2) is 4.68 Å². The molecule has 0 spiro atoms. The van der Waals surface area contributed by atoms with Crippen LogP contribution in [-0.2, 0) is 20.9 Å². The van der Waals surface area contributed by atoms with E-state index in [1.54, 1.807) is 48.5 Å². The molecule has 1 heterocycles. The number of benzene rings is 3. The van der Waals surface area contributed by atoms with Crippen LogP contribution in [0, 0.1) is 0 Å². The molecule has 1 fully saturated rings. The highest BCUT2D eigenvalue weighted by atomic mass is 35.5. The van der Waals surface area contributed by atoms with Gasteiger partial charge >= 0.3 is 0 Å². The predicted molar refractivity (Wildman–Crippen MR) is 155 cm³/mol. The Kier molecular flexibility index (Phi) is 8.40. The highest BCUT2D eigenvalue weighted by Gasteiger charge is 2.34. The summed E-state index contributed by atoms with van der Waals surface area (Å²) in [6.45, 7) is 1.30. The van der Waals surface area contributed by atoms with Crippen molar-refractivity contribution in [2.24, 2.45) is 0 Å². The van der Waals surface area contributed by atoms with Gasteiger partial charge in [-0.15, -0.1) is 5.10 Å². The number of hydrogen-bond donors (Lipinski definition) is 2. The number of nitrogens with one attached hydrogen (secondary N) is 2. The Morgan fingerprint density at radius 1 is 0.975 bits per heavy atom. The zero-order valence-electron chi connectivity index (χ0n) is 22.2. The van der Waals surface area contributed by atoms with Crippen LogP contribution in [0.25, 0.3) is 11.0 Å². The molecule has 1 atom stereocenters. The molecule has 0 aliphatic heterocycles. The molecule has 0 saturated heterocycles. The van der Waals surface area contributed by atoms with E-state index in [0.29, 0.717) is 33.0 Å². The van der Waals surface area contributed by atoms with Gasteiger partial charge in [0.2, 0.25) is 17.7 Å². The van der Waals surface area contributed by atoms with Crippen molar-refractivity contribution in [1.82, 2.24) is 20.3 Å². The molecule has 3 aromatic carbocycles. The number of nitrogens with zero attached hydrogens (tertiary/aromatic N) is 4. The van der Waals surface area contributed by atoms with Crippen LogP contribution in [-0.4, -0.2) is 38.8 Å². The smallest absolute Gasteiger partial charge is 0.249 e. The molecule has 1 aromatic heterocycles. The van der Waals surface area contributed by atoms with Crippen molar-refractivity contribution in [1.29, 1.82) is 0 Å². The lowest BCUT2D eigenvalue weighted by Crippen LogP contribution is -2.48. The van der Waals surface area contributed by atoms with Gasteiger partial charge in [0.1, 0.15) is 18.1 Å². The largest absolute Gasteiger partial charge is 0.351 e. The van der Waals surface area contributed by atoms with Crippen LogP contribution in [0.2, 0.25) is 5.02 Å². The number of halogens is 1. The van der Waals surface area contributed by atoms with Gasteiger partial charge in [-0.2, -0.15) is 0 Å². The summed E-state index contributed by atoms with van der Waals surface area (Å²) >= 11 is 6.19. The Labute approximate surface area is 237 Å². The van der Waals surface area contributed by atoms with E-state index in [1.807, 2.05) is 24.3 Å². The molecule has 40 heavy (non-hydrogen) atoms. The Balaban J connectivity index is 1.55. The normalized spacial score (nSPS) is 14.4. The average molecular weight is 559 g/mol. The monoisotopic (exact) mass is 558 g/mol. The van der Waals surface area contributed by atoms with Crippen molar-refractivity contribution in [3.05, 3.63) is 83.4 Å². The molecular weight excluding hydrogens is 528 g/mol. The van der Waals surface area contributed by atoms with Crippen LogP contribution >= 0.6 is 11.6 Å². The van der Waals surface area contributed by atoms with Gasteiger partial charge in [0.25, 0.3) is 0 Å². The van der Waals surface area contributed by atoms with Crippen LogP contribution in [0.3, 0.4) is 0 Å². The molecule has 2 N–H and O–H groups in total. The van der Waals surface area contributed by atoms with Crippen LogP contribution in [0.5, 0.6) is 0 Å². The molecular formula is C30H31ClN6O3. The fraction of sp³-hybridized carbons (Fsp3) is 0.300. The molecule has 4 aromatic rings. The van der Waals surface area contributed by atoms with Crippen molar-refractivity contribution in [2.75, 3.05) is 10.2 Å². The van der Waals surface area contributed by atoms with Gasteiger partial charge in [-0.3, -0.25) is 19.3 Å². The second kappa shape index (κ2) is 12.3. The topological polar surface area (TPSA) is 109 Å². The van der Waals surface area contributed by atoms with Crippen LogP contribution in [0.4, 0.5) is 11.4 Å². The fourth-order valence-corrected chi connectivity index (χ4v) is 5.30. The first-order valence-electron chi connectivity index (χ1n) is 13.4. The summed E-state index contributed by atoms with van der Waals surface area (Å²) in [6.07, 6.45) is 5.09. The molecule has 9 nitrogen and oxygen atoms in total. The Morgan fingerprint density at radius 2 is 1.68 bits per heavy atom. The zero-order valence-corrected chi connectivity index (χ0v) is 23.0. The summed E-state index contributed by atoms with van der Waals surface area (Å²) in [5.41, 5.74) is 3.10. The van der Waals surface area contributed by atoms with Crippen molar-refractivity contribution in [3.63, 3.8) is 0 Å². The van der Waals surface area contributed by atoms with Gasteiger partial charge in [-0.05, 0) is 66.9 Å². The third-order valence-corrected chi connectivity index (χ3v) is 7.34. The van der Waals surface area contributed by atoms with E-state index in [4.69, 9.17) is 11.6 Å². The van der Waals surface area contributed by atoms with Crippen LogP contribution in [0.15, 0.2) is 72.8 Å². The second-order valence-electron chi connectivity index (χ2n) is 10.0. The lowest BCUT2D eigenvalue weighted by atomic mass is 9.94. The number of aromatic nitrogens is 3. The molecule has 206 valence electrons. The first-order chi connectivity index (χ1) is 19.4. The highest BCUT2D eigenvalue weighted by molar-refractivity contribution is 6.30. The van der Waals surface area contributed by atoms with E-state index < -0.39 is 6.04 Å². The number of anilines is 2. The van der Waals surface area contributed by atoms with E-state index in [9.17, 15) is 14.4 Å². The number of rotatable bonds is 8. The Morgan fingerprint density at radius 3 is 2.38 bits per heavy atom. The maximum atomic E-state index is 14.2. The summed E-state index contributed by atoms with van der Waals surface area (Å²) in [6, 6.07) is 20.3. The first-order valence-corrected chi connectivity index (χ1v) is 13.8. The molecule has 0 radical (unpaired) electrons. The quantitative estimate of drug-likeness (QED) is 0.306. The van der Waals surface area contributed by atoms with E-state index >= 15 is 0 Å². The average Bonchev–Trinajstić information content (AvgIpc) is 3.35. The fourth-order valence-electron chi connectivity index (χ4n) is 5.17. The molecule has 3 amide bonds. The summed E-state index contributed by atoms with van der Waals surface area (Å²) in [5.74, 6) is -0.816. The second-order valence-corrected chi connectivity index (χ2v) is 10.5. The van der Waals surface area contributed by atoms with Crippen molar-refractivity contribution >= 4 is 51.7 Å². The maximum Gasteiger partial charge on any atom is 0.249 e. The summed E-state index contributed by atoms with van der Waals surface area (Å²) in [7, 11) is 0. The molecule has 1 aliphatic carbocycles. The minimum atomic E-state index is -0.965. The highest BCUT2D eigenvalue weighted by Crippen LogP contribution is 2.31. The van der Waals surface area contributed by atoms with E-state index in [0.717, 1.165) is 32.1 Å². The van der Waals surface area contributed by atoms with Gasteiger partial charge in [0, 0.05) is 29.4 Å². The minimum absolute atomic E-state index is 0.0504. The van der Waals surface area contributed by atoms with Crippen molar-refractivity contribution < 1.29 is 14.4 Å². The first kappa shape index (κ1) is 27.3. The minimum Gasteiger partial charge on any atom is -0.351 e. The molecule has 0 bridgehead atoms. The third-order valence-electron chi connectivity index (χ3n) is 7.08. The number of carbonyl (C=O) groups is 3. The van der Waals surface area contributed by atoms with Gasteiger partial charge in [0.15, 0.2) is 0 Å². The van der Waals surface area contributed by atoms with Gasteiger partial charge < -0.3 is 10.6 Å². The Bertz CT molecular complexity index is 1500.